The molecule has 2 aliphatic rings. The van der Waals surface area contributed by atoms with Crippen molar-refractivity contribution in [2.45, 2.75) is 17.0 Å². The van der Waals surface area contributed by atoms with Crippen LogP contribution in [0.15, 0.2) is 86.3 Å². The van der Waals surface area contributed by atoms with Crippen LogP contribution in [0.3, 0.4) is 0 Å². The first kappa shape index (κ1) is 24.1. The first-order valence-corrected chi connectivity index (χ1v) is 13.6. The number of nitrogens with zero attached hydrogens (tertiary/aromatic N) is 2. The Hall–Kier alpha value is -4.56. The average Bonchev–Trinajstić information content (AvgIpc) is 2.88. The summed E-state index contributed by atoms with van der Waals surface area (Å²) in [5.74, 6) is -0.298. The van der Waals surface area contributed by atoms with Crippen molar-refractivity contribution in [2.75, 3.05) is 9.44 Å². The molecule has 0 saturated heterocycles. The van der Waals surface area contributed by atoms with E-state index in [0.717, 1.165) is 6.07 Å². The van der Waals surface area contributed by atoms with E-state index < -0.39 is 25.5 Å². The number of hydrogen-bond acceptors (Lipinski definition) is 9. The van der Waals surface area contributed by atoms with Gasteiger partial charge in [-0.2, -0.15) is 21.8 Å². The van der Waals surface area contributed by atoms with Crippen molar-refractivity contribution in [3.63, 3.8) is 0 Å². The van der Waals surface area contributed by atoms with Gasteiger partial charge < -0.3 is 9.52 Å². The summed E-state index contributed by atoms with van der Waals surface area (Å²) < 4.78 is 61.0. The minimum Gasteiger partial charge on any atom is -0.505 e. The largest absolute Gasteiger partial charge is 0.505 e. The topological polar surface area (TPSA) is 183 Å². The highest BCUT2D eigenvalue weighted by atomic mass is 32.2. The Labute approximate surface area is 210 Å². The average molecular weight is 541 g/mol. The van der Waals surface area contributed by atoms with Crippen LogP contribution in [0.25, 0.3) is 22.6 Å². The summed E-state index contributed by atoms with van der Waals surface area (Å²) in [4.78, 5) is 23.2. The Morgan fingerprint density at radius 1 is 0.865 bits per heavy atom. The standard InChI is InChI=1S/C23H17N5O7S2/c1-13-22(30)16(28-37(33,34)21-7-3-5-9-25-21)11-17-23(13)35-19-12-18(29)14(10-15(19)26-17)27-36(31,32)20-6-2-4-8-24-20/h2-12,27-28,30H,1H3/p+1. The zero-order valence-electron chi connectivity index (χ0n) is 19.0. The molecule has 1 aliphatic heterocycles. The molecule has 0 fully saturated rings. The maximum Gasteiger partial charge on any atom is 0.279 e. The Morgan fingerprint density at radius 3 is 2.03 bits per heavy atom. The highest BCUT2D eigenvalue weighted by Crippen LogP contribution is 2.36. The molecule has 0 atom stereocenters. The second kappa shape index (κ2) is 8.83. The molecule has 37 heavy (non-hydrogen) atoms. The third-order valence-corrected chi connectivity index (χ3v) is 7.92. The van der Waals surface area contributed by atoms with Gasteiger partial charge in [0.2, 0.25) is 28.0 Å². The first-order valence-electron chi connectivity index (χ1n) is 10.6. The summed E-state index contributed by atoms with van der Waals surface area (Å²) in [6.45, 7) is 1.51. The van der Waals surface area contributed by atoms with Gasteiger partial charge in [0.1, 0.15) is 11.4 Å². The molecule has 2 aromatic heterocycles. The van der Waals surface area contributed by atoms with E-state index in [4.69, 9.17) is 4.42 Å². The van der Waals surface area contributed by atoms with Crippen molar-refractivity contribution in [3.05, 3.63) is 82.8 Å². The molecule has 14 heteroatoms. The second-order valence-corrected chi connectivity index (χ2v) is 11.2. The fourth-order valence-electron chi connectivity index (χ4n) is 3.58. The lowest BCUT2D eigenvalue weighted by molar-refractivity contribution is -0.334. The molecule has 3 heterocycles. The van der Waals surface area contributed by atoms with Gasteiger partial charge in [-0.15, -0.1) is 0 Å². The van der Waals surface area contributed by atoms with E-state index >= 15 is 0 Å². The molecular formula is C23H18N5O7S2+. The number of aromatic nitrogens is 3. The maximum absolute atomic E-state index is 12.7. The number of pyridine rings is 2. The predicted molar refractivity (Wildman–Crippen MR) is 132 cm³/mol. The van der Waals surface area contributed by atoms with Gasteiger partial charge in [0.25, 0.3) is 20.0 Å². The molecule has 0 unspecified atom stereocenters. The van der Waals surface area contributed by atoms with Crippen LogP contribution in [0.4, 0.5) is 11.4 Å². The SMILES string of the molecule is Cc1c(O)c(NS(=O)(=O)c2ccccn2)cc2[nH+]c3cc(NS(=O)(=O)c4ccccn4)c(=O)cc-3oc12. The van der Waals surface area contributed by atoms with E-state index in [9.17, 15) is 26.7 Å². The van der Waals surface area contributed by atoms with Crippen LogP contribution in [0.1, 0.15) is 5.56 Å². The molecule has 3 aromatic rings. The van der Waals surface area contributed by atoms with Crippen molar-refractivity contribution < 1.29 is 31.3 Å². The van der Waals surface area contributed by atoms with Crippen molar-refractivity contribution in [1.82, 2.24) is 9.97 Å². The fraction of sp³-hybridized carbons (Fsp3) is 0.0435. The Kier molecular flexibility index (Phi) is 5.76. The van der Waals surface area contributed by atoms with Crippen molar-refractivity contribution in [3.8, 4) is 17.2 Å². The summed E-state index contributed by atoms with van der Waals surface area (Å²) in [7, 11) is -8.25. The van der Waals surface area contributed by atoms with Gasteiger partial charge >= 0.3 is 0 Å². The van der Waals surface area contributed by atoms with Crippen LogP contribution in [-0.2, 0) is 20.0 Å². The number of sulfonamides is 2. The van der Waals surface area contributed by atoms with Gasteiger partial charge in [0.05, 0.1) is 5.69 Å². The Bertz CT molecular complexity index is 1890. The number of benzene rings is 2. The number of anilines is 2. The van der Waals surface area contributed by atoms with Crippen molar-refractivity contribution in [1.29, 1.82) is 0 Å². The summed E-state index contributed by atoms with van der Waals surface area (Å²) in [6, 6.07) is 12.4. The van der Waals surface area contributed by atoms with Crippen LogP contribution in [0.5, 0.6) is 5.75 Å². The smallest absolute Gasteiger partial charge is 0.279 e. The molecule has 0 amide bonds. The summed E-state index contributed by atoms with van der Waals surface area (Å²) in [6.07, 6.45) is 2.63. The normalized spacial score (nSPS) is 12.0. The van der Waals surface area contributed by atoms with Gasteiger partial charge in [0, 0.05) is 36.2 Å². The van der Waals surface area contributed by atoms with Crippen LogP contribution < -0.4 is 19.9 Å². The highest BCUT2D eigenvalue weighted by molar-refractivity contribution is 7.93. The quantitative estimate of drug-likeness (QED) is 0.214. The van der Waals surface area contributed by atoms with E-state index in [2.05, 4.69) is 24.4 Å². The zero-order valence-corrected chi connectivity index (χ0v) is 20.6. The lowest BCUT2D eigenvalue weighted by Gasteiger charge is -2.12. The molecule has 188 valence electrons. The van der Waals surface area contributed by atoms with Gasteiger partial charge in [-0.3, -0.25) is 14.2 Å². The molecule has 0 bridgehead atoms. The number of aryl methyl sites for hydroxylation is 1. The molecular weight excluding hydrogens is 522 g/mol. The fourth-order valence-corrected chi connectivity index (χ4v) is 5.59. The van der Waals surface area contributed by atoms with Gasteiger partial charge in [-0.25, -0.2) is 9.97 Å². The van der Waals surface area contributed by atoms with E-state index in [1.54, 1.807) is 12.1 Å². The third-order valence-electron chi connectivity index (χ3n) is 5.36. The number of hydrogen-bond donors (Lipinski definition) is 3. The van der Waals surface area contributed by atoms with Gasteiger partial charge in [0.15, 0.2) is 10.1 Å². The van der Waals surface area contributed by atoms with E-state index in [1.807, 2.05) is 0 Å². The molecule has 4 N–H and O–H groups in total. The van der Waals surface area contributed by atoms with Gasteiger partial charge in [-0.1, -0.05) is 12.1 Å². The predicted octanol–water partition coefficient (Wildman–Crippen LogP) is 2.12. The molecule has 5 rings (SSSR count). The monoisotopic (exact) mass is 540 g/mol. The highest BCUT2D eigenvalue weighted by Gasteiger charge is 2.26. The maximum atomic E-state index is 12.7. The second-order valence-electron chi connectivity index (χ2n) is 7.89. The number of phenolic OH excluding ortho intramolecular Hbond substituents is 1. The molecule has 1 aromatic carbocycles. The molecule has 0 spiro atoms. The Balaban J connectivity index is 1.59. The van der Waals surface area contributed by atoms with Crippen LogP contribution in [0, 0.1) is 6.92 Å². The summed E-state index contributed by atoms with van der Waals surface area (Å²) in [5, 5.41) is 10.1. The molecule has 1 aliphatic carbocycles. The van der Waals surface area contributed by atoms with Crippen LogP contribution >= 0.6 is 0 Å². The van der Waals surface area contributed by atoms with Crippen molar-refractivity contribution >= 4 is 42.5 Å². The Morgan fingerprint density at radius 2 is 1.46 bits per heavy atom. The minimum atomic E-state index is -4.13. The van der Waals surface area contributed by atoms with Crippen LogP contribution in [0.2, 0.25) is 0 Å². The lowest BCUT2D eigenvalue weighted by Crippen LogP contribution is -2.21. The van der Waals surface area contributed by atoms with Crippen LogP contribution in [-0.4, -0.2) is 31.9 Å². The third kappa shape index (κ3) is 4.54. The van der Waals surface area contributed by atoms with E-state index in [-0.39, 0.29) is 55.3 Å². The lowest BCUT2D eigenvalue weighted by atomic mass is 10.1. The number of aromatic hydroxyl groups is 1. The number of nitrogens with one attached hydrogen (secondary N) is 3. The molecule has 12 nitrogen and oxygen atoms in total. The van der Waals surface area contributed by atoms with Gasteiger partial charge in [-0.05, 0) is 31.2 Å². The zero-order chi connectivity index (χ0) is 26.4. The minimum absolute atomic E-state index is 0.0857. The number of phenols is 1. The number of H-pyrrole nitrogens is 1. The molecule has 0 saturated carbocycles. The molecule has 0 radical (unpaired) electrons. The van der Waals surface area contributed by atoms with E-state index in [1.165, 1.54) is 55.7 Å². The first-order chi connectivity index (χ1) is 17.5. The van der Waals surface area contributed by atoms with E-state index in [0.29, 0.717) is 0 Å². The van der Waals surface area contributed by atoms with Crippen molar-refractivity contribution in [2.24, 2.45) is 0 Å². The summed E-state index contributed by atoms with van der Waals surface area (Å²) in [5.41, 5.74) is -0.208. The number of aromatic amines is 1. The summed E-state index contributed by atoms with van der Waals surface area (Å²) >= 11 is 0. The number of rotatable bonds is 6. The number of fused-ring (bicyclic) bond motifs is 2.